The predicted molar refractivity (Wildman–Crippen MR) is 110 cm³/mol. The highest BCUT2D eigenvalue weighted by molar-refractivity contribution is 6.31. The van der Waals surface area contributed by atoms with Gasteiger partial charge in [0.1, 0.15) is 11.9 Å². The van der Waals surface area contributed by atoms with Gasteiger partial charge in [-0.25, -0.2) is 0 Å². The van der Waals surface area contributed by atoms with Gasteiger partial charge in [-0.15, -0.1) is 0 Å². The van der Waals surface area contributed by atoms with Crippen LogP contribution in [0, 0.1) is 56.2 Å². The first-order valence-corrected chi connectivity index (χ1v) is 9.83. The van der Waals surface area contributed by atoms with E-state index >= 15 is 0 Å². The number of nitriles is 3. The van der Waals surface area contributed by atoms with E-state index in [0.29, 0.717) is 16.9 Å². The normalized spacial score (nSPS) is 30.4. The second-order valence-electron chi connectivity index (χ2n) is 7.52. The van der Waals surface area contributed by atoms with Crippen LogP contribution in [0.15, 0.2) is 48.5 Å². The van der Waals surface area contributed by atoms with E-state index in [9.17, 15) is 15.8 Å². The minimum atomic E-state index is -2.06. The molecular weight excluding hydrogens is 416 g/mol. The van der Waals surface area contributed by atoms with Crippen molar-refractivity contribution in [1.29, 1.82) is 21.2 Å². The summed E-state index contributed by atoms with van der Waals surface area (Å²) in [5.41, 5.74) is -3.03. The Bertz CT molecular complexity index is 1180. The molecule has 0 aromatic heterocycles. The number of halogens is 1. The van der Waals surface area contributed by atoms with E-state index in [1.165, 1.54) is 7.11 Å². The molecule has 2 heterocycles. The van der Waals surface area contributed by atoms with E-state index in [1.54, 1.807) is 55.5 Å². The maximum Gasteiger partial charge on any atom is 0.244 e. The zero-order valence-corrected chi connectivity index (χ0v) is 17.5. The third kappa shape index (κ3) is 2.38. The Morgan fingerprint density at radius 3 is 2.23 bits per heavy atom. The van der Waals surface area contributed by atoms with Gasteiger partial charge in [-0.05, 0) is 30.3 Å². The standard InChI is InChI=1S/C23H17ClN4O3/c1-14-22(13-27)20(28)31-23(14,15-7-9-16(29-2)10-8-15)30-19(21(22,11-25)12-26)17-5-3-4-6-18(17)24/h3-10,14,19,28H,1-2H3. The largest absolute Gasteiger partial charge is 0.497 e. The molecule has 2 aliphatic rings. The van der Waals surface area contributed by atoms with Gasteiger partial charge in [0.15, 0.2) is 5.41 Å². The summed E-state index contributed by atoms with van der Waals surface area (Å²) in [7, 11) is 1.54. The van der Waals surface area contributed by atoms with Gasteiger partial charge in [0, 0.05) is 16.1 Å². The van der Waals surface area contributed by atoms with Crippen molar-refractivity contribution in [3.8, 4) is 24.0 Å². The van der Waals surface area contributed by atoms with Crippen LogP contribution in [0.2, 0.25) is 5.02 Å². The fourth-order valence-electron chi connectivity index (χ4n) is 4.66. The molecule has 4 unspecified atom stereocenters. The molecular formula is C23H17ClN4O3. The van der Waals surface area contributed by atoms with Gasteiger partial charge in [0.2, 0.25) is 17.1 Å². The van der Waals surface area contributed by atoms with Crippen LogP contribution >= 0.6 is 11.6 Å². The lowest BCUT2D eigenvalue weighted by atomic mass is 9.53. The fourth-order valence-corrected chi connectivity index (χ4v) is 4.89. The molecule has 2 aliphatic heterocycles. The van der Waals surface area contributed by atoms with E-state index in [1.807, 2.05) is 12.1 Å². The zero-order chi connectivity index (χ0) is 22.4. The average molecular weight is 433 g/mol. The van der Waals surface area contributed by atoms with Crippen LogP contribution in [0.4, 0.5) is 0 Å². The maximum absolute atomic E-state index is 10.3. The number of rotatable bonds is 3. The SMILES string of the molecule is COc1ccc(C23OC(=N)C(C#N)(C2C)C(C#N)(C#N)C(c2ccccc2Cl)O3)cc1. The number of nitrogens with zero attached hydrogens (tertiary/aromatic N) is 3. The van der Waals surface area contributed by atoms with Crippen molar-refractivity contribution in [3.63, 3.8) is 0 Å². The molecule has 154 valence electrons. The zero-order valence-electron chi connectivity index (χ0n) is 16.7. The van der Waals surface area contributed by atoms with Crippen molar-refractivity contribution >= 4 is 17.5 Å². The highest BCUT2D eigenvalue weighted by atomic mass is 35.5. The number of fused-ring (bicyclic) bond motifs is 2. The number of ether oxygens (including phenoxy) is 3. The Kier molecular flexibility index (Phi) is 4.67. The molecule has 0 saturated carbocycles. The maximum atomic E-state index is 10.3. The van der Waals surface area contributed by atoms with Crippen LogP contribution in [0.1, 0.15) is 24.2 Å². The molecule has 4 rings (SSSR count). The third-order valence-corrected chi connectivity index (χ3v) is 6.69. The highest BCUT2D eigenvalue weighted by Gasteiger charge is 2.79. The molecule has 4 atom stereocenters. The summed E-state index contributed by atoms with van der Waals surface area (Å²) < 4.78 is 17.6. The van der Waals surface area contributed by atoms with E-state index in [4.69, 9.17) is 31.2 Å². The Labute approximate surface area is 184 Å². The van der Waals surface area contributed by atoms with E-state index < -0.39 is 34.5 Å². The highest BCUT2D eigenvalue weighted by Crippen LogP contribution is 2.69. The first-order chi connectivity index (χ1) is 14.9. The molecule has 0 radical (unpaired) electrons. The Balaban J connectivity index is 2.03. The first-order valence-electron chi connectivity index (χ1n) is 9.45. The van der Waals surface area contributed by atoms with Gasteiger partial charge < -0.3 is 14.2 Å². The fraction of sp³-hybridized carbons (Fsp3) is 0.304. The van der Waals surface area contributed by atoms with E-state index in [-0.39, 0.29) is 5.02 Å². The van der Waals surface area contributed by atoms with Crippen molar-refractivity contribution in [2.24, 2.45) is 16.7 Å². The van der Waals surface area contributed by atoms with Crippen LogP contribution in [0.25, 0.3) is 0 Å². The van der Waals surface area contributed by atoms with Crippen LogP contribution in [-0.2, 0) is 15.3 Å². The van der Waals surface area contributed by atoms with Gasteiger partial charge in [-0.1, -0.05) is 36.7 Å². The number of methoxy groups -OCH3 is 1. The summed E-state index contributed by atoms with van der Waals surface area (Å²) in [6, 6.07) is 19.6. The Hall–Kier alpha value is -3.57. The molecule has 2 fully saturated rings. The molecule has 1 N–H and O–H groups in total. The van der Waals surface area contributed by atoms with Crippen LogP contribution in [0.3, 0.4) is 0 Å². The van der Waals surface area contributed by atoms with Crippen molar-refractivity contribution in [2.45, 2.75) is 18.8 Å². The van der Waals surface area contributed by atoms with E-state index in [2.05, 4.69) is 6.07 Å². The Morgan fingerprint density at radius 1 is 1.03 bits per heavy atom. The summed E-state index contributed by atoms with van der Waals surface area (Å²) in [5.74, 6) is -2.28. The molecule has 0 aliphatic carbocycles. The van der Waals surface area contributed by atoms with E-state index in [0.717, 1.165) is 0 Å². The second kappa shape index (κ2) is 7.00. The first kappa shape index (κ1) is 20.7. The molecule has 0 amide bonds. The molecule has 2 aromatic rings. The molecule has 0 spiro atoms. The lowest BCUT2D eigenvalue weighted by molar-refractivity contribution is -0.288. The van der Waals surface area contributed by atoms with Gasteiger partial charge >= 0.3 is 0 Å². The van der Waals surface area contributed by atoms with Crippen molar-refractivity contribution in [1.82, 2.24) is 0 Å². The molecule has 8 heteroatoms. The van der Waals surface area contributed by atoms with Gasteiger partial charge in [-0.2, -0.15) is 15.8 Å². The molecule has 31 heavy (non-hydrogen) atoms. The van der Waals surface area contributed by atoms with Crippen LogP contribution < -0.4 is 4.74 Å². The monoisotopic (exact) mass is 432 g/mol. The summed E-state index contributed by atoms with van der Waals surface area (Å²) in [6.45, 7) is 1.65. The topological polar surface area (TPSA) is 123 Å². The molecule has 2 aromatic carbocycles. The lowest BCUT2D eigenvalue weighted by Crippen LogP contribution is -2.57. The van der Waals surface area contributed by atoms with Crippen molar-refractivity contribution < 1.29 is 14.2 Å². The number of nitrogens with one attached hydrogen (secondary N) is 1. The summed E-state index contributed by atoms with van der Waals surface area (Å²) in [5, 5.41) is 39.6. The minimum Gasteiger partial charge on any atom is -0.497 e. The quantitative estimate of drug-likeness (QED) is 0.763. The number of hydrogen-bond acceptors (Lipinski definition) is 7. The predicted octanol–water partition coefficient (Wildman–Crippen LogP) is 4.46. The lowest BCUT2D eigenvalue weighted by Gasteiger charge is -2.48. The van der Waals surface area contributed by atoms with Crippen LogP contribution in [0.5, 0.6) is 5.75 Å². The second-order valence-corrected chi connectivity index (χ2v) is 7.93. The molecule has 7 nitrogen and oxygen atoms in total. The Morgan fingerprint density at radius 2 is 1.68 bits per heavy atom. The van der Waals surface area contributed by atoms with Crippen molar-refractivity contribution in [2.75, 3.05) is 7.11 Å². The van der Waals surface area contributed by atoms with Crippen molar-refractivity contribution in [3.05, 3.63) is 64.7 Å². The van der Waals surface area contributed by atoms with Crippen LogP contribution in [-0.4, -0.2) is 13.0 Å². The van der Waals surface area contributed by atoms with Gasteiger partial charge in [-0.3, -0.25) is 5.41 Å². The average Bonchev–Trinajstić information content (AvgIpc) is 2.96. The summed E-state index contributed by atoms with van der Waals surface area (Å²) >= 11 is 6.41. The number of hydrogen-bond donors (Lipinski definition) is 1. The molecule has 2 bridgehead atoms. The summed E-state index contributed by atoms with van der Waals surface area (Å²) in [6.07, 6.45) is -1.24. The van der Waals surface area contributed by atoms with Gasteiger partial charge in [0.05, 0.1) is 31.2 Å². The van der Waals surface area contributed by atoms with Gasteiger partial charge in [0.25, 0.3) is 0 Å². The smallest absolute Gasteiger partial charge is 0.244 e. The molecule has 2 saturated heterocycles. The summed E-state index contributed by atoms with van der Waals surface area (Å²) in [4.78, 5) is 0. The third-order valence-electron chi connectivity index (χ3n) is 6.35. The number of benzene rings is 2. The minimum absolute atomic E-state index is 0.279.